The van der Waals surface area contributed by atoms with Crippen molar-refractivity contribution < 1.29 is 44.9 Å². The van der Waals surface area contributed by atoms with Crippen LogP contribution in [-0.2, 0) is 19.1 Å². The van der Waals surface area contributed by atoms with Crippen molar-refractivity contribution in [3.63, 3.8) is 0 Å². The molecule has 8 rings (SSSR count). The number of carbonyl (C=O) groups is 4. The number of carbonyl (C=O) groups excluding carboxylic acids is 4. The Morgan fingerprint density at radius 3 is 2.03 bits per heavy atom. The molecule has 6 heterocycles. The van der Waals surface area contributed by atoms with E-state index in [4.69, 9.17) is 7.80 Å². The molecule has 5 aromatic rings. The number of nitrogens with one attached hydrogen (secondary N) is 4. The molecule has 3 aromatic heterocycles. The normalized spacial score (nSPS) is 19.5. The van der Waals surface area contributed by atoms with Crippen LogP contribution in [0.2, 0.25) is 0 Å². The van der Waals surface area contributed by atoms with Crippen molar-refractivity contribution in [2.24, 2.45) is 11.8 Å². The Labute approximate surface area is 368 Å². The van der Waals surface area contributed by atoms with Crippen LogP contribution < -0.4 is 13.7 Å². The number of rotatable bonds is 10. The van der Waals surface area contributed by atoms with Crippen LogP contribution >= 0.6 is 20.5 Å². The summed E-state index contributed by atoms with van der Waals surface area (Å²) in [4.78, 5) is 71.6. The minimum Gasteiger partial charge on any atom is -0.0603 e. The number of H-pyrrole nitrogens is 2. The van der Waals surface area contributed by atoms with Crippen molar-refractivity contribution >= 4 is 55.4 Å². The van der Waals surface area contributed by atoms with Gasteiger partial charge in [-0.1, -0.05) is 27.7 Å². The number of ether oxygens (including phenoxy) is 2. The molecule has 2 saturated heterocycles. The number of halogens is 4. The zero-order valence-corrected chi connectivity index (χ0v) is 37.9. The molecule has 0 saturated carbocycles. The molecule has 2 fully saturated rings. The molecule has 3 aliphatic heterocycles. The molecule has 20 heteroatoms. The number of fused-ring (bicyclic) bond motifs is 5. The number of nitrogens with zero attached hydrogens (tertiary/aromatic N) is 5. The number of alkyl carbamates (subject to hydrolysis) is 2. The molecule has 0 bridgehead atoms. The minimum atomic E-state index is -3.20. The summed E-state index contributed by atoms with van der Waals surface area (Å²) in [6.07, 6.45) is 2.46. The molecule has 4 N–H and O–H groups in total. The zero-order valence-electron chi connectivity index (χ0n) is 35.7. The van der Waals surface area contributed by atoms with Gasteiger partial charge in [0, 0.05) is 0 Å². The molecule has 4 amide bonds. The summed E-state index contributed by atoms with van der Waals surface area (Å²) in [5.41, 5.74) is 4.09. The Hall–Kier alpha value is -5.80. The number of hydrogen-bond acceptors (Lipinski definition) is 9. The van der Waals surface area contributed by atoms with Crippen LogP contribution in [0.5, 0.6) is 5.75 Å². The van der Waals surface area contributed by atoms with Gasteiger partial charge in [-0.3, -0.25) is 0 Å². The predicted molar refractivity (Wildman–Crippen MR) is 235 cm³/mol. The maximum absolute atomic E-state index is 16.8. The molecule has 0 spiro atoms. The third-order valence-electron chi connectivity index (χ3n) is 11.8. The van der Waals surface area contributed by atoms with E-state index in [2.05, 4.69) is 35.3 Å². The van der Waals surface area contributed by atoms with E-state index < -0.39 is 87.4 Å². The summed E-state index contributed by atoms with van der Waals surface area (Å²) in [6.45, 7) is 6.79. The van der Waals surface area contributed by atoms with Gasteiger partial charge >= 0.3 is 298 Å². The molecule has 0 unspecified atom stereocenters. The predicted octanol–water partition coefficient (Wildman–Crippen LogP) is 7.77. The number of aromatic nitrogens is 5. The molecule has 336 valence electrons. The van der Waals surface area contributed by atoms with Gasteiger partial charge in [0.2, 0.25) is 0 Å². The van der Waals surface area contributed by atoms with Gasteiger partial charge in [-0.05, 0) is 5.92 Å². The first-order valence-electron chi connectivity index (χ1n) is 20.6. The number of imidazole rings is 2. The maximum atomic E-state index is 16.8. The van der Waals surface area contributed by atoms with Gasteiger partial charge in [0.05, 0.1) is 14.2 Å². The van der Waals surface area contributed by atoms with Crippen LogP contribution in [0, 0.1) is 17.7 Å². The molecule has 4 atom stereocenters. The average molecular weight is 988 g/mol. The standard InChI is InChI=1S/C43H49F3IN9O7/c1-21(2)34(52-41(59)61-6)39(57)54-14-8-9-30(54)37-48-19-28(50-37)24-10-12-25-32(16-24)63-47(5)56-29-13-11-23(15-26(29)33(44)36(25)56)27-18-49-38(51-27)31-17-43(45,46)20-55(31)40(58)35(22(3)4)53-42(60)62-7/h10-13,15-16,18-19,21-22,30-31,34-35H,8-9,14,17,20H2,1-7H3,(H,48,50)(H,49,51)(H,52,59)(H,53,60)/t30-,31-,34-,35-/m0/s1. The smallest absolute Gasteiger partial charge is 0.0603 e. The first-order valence-corrected chi connectivity index (χ1v) is 24.6. The summed E-state index contributed by atoms with van der Waals surface area (Å²) < 4.78 is 64.6. The quantitative estimate of drug-likeness (QED) is 0.0801. The molecule has 63 heavy (non-hydrogen) atoms. The molecule has 16 nitrogen and oxygen atoms in total. The summed E-state index contributed by atoms with van der Waals surface area (Å²) in [6, 6.07) is 7.54. The van der Waals surface area contributed by atoms with E-state index in [-0.39, 0.29) is 23.7 Å². The van der Waals surface area contributed by atoms with Crippen LogP contribution in [0.4, 0.5) is 22.8 Å². The second-order valence-electron chi connectivity index (χ2n) is 16.7. The van der Waals surface area contributed by atoms with Crippen LogP contribution in [-0.4, -0.2) is 107 Å². The molecule has 3 aliphatic rings. The summed E-state index contributed by atoms with van der Waals surface area (Å²) in [5.74, 6) is -3.82. The van der Waals surface area contributed by atoms with Crippen molar-refractivity contribution in [2.45, 2.75) is 77.0 Å². The van der Waals surface area contributed by atoms with Gasteiger partial charge in [-0.25, -0.2) is 9.59 Å². The fourth-order valence-corrected chi connectivity index (χ4v) is 12.2. The van der Waals surface area contributed by atoms with Gasteiger partial charge in [0.1, 0.15) is 0 Å². The molecular formula is C43H49F3IN9O7. The molecule has 0 aliphatic carbocycles. The van der Waals surface area contributed by atoms with E-state index in [1.165, 1.54) is 13.3 Å². The van der Waals surface area contributed by atoms with Gasteiger partial charge in [-0.2, -0.15) is 0 Å². The first kappa shape index (κ1) is 43.8. The Bertz CT molecular complexity index is 2590. The number of likely N-dealkylation sites (tertiary alicyclic amines) is 2. The van der Waals surface area contributed by atoms with Crippen molar-refractivity contribution in [2.75, 3.05) is 32.2 Å². The fourth-order valence-electron chi connectivity index (χ4n) is 8.63. The van der Waals surface area contributed by atoms with Gasteiger partial charge in [-0.15, -0.1) is 0 Å². The first-order chi connectivity index (χ1) is 30.0. The third kappa shape index (κ3) is 8.16. The summed E-state index contributed by atoms with van der Waals surface area (Å²) >= 11 is -2.51. The Morgan fingerprint density at radius 1 is 0.857 bits per heavy atom. The molecular weight excluding hydrogens is 938 g/mol. The number of hydrogen-bond donors (Lipinski definition) is 4. The SMILES string of the molecule is COC(=O)N[C@H](C(=O)N1CCC[C@H]1c1ncc(-c2ccc3c(c2)OI(C)n2c-3c(F)c3cc(-c4cnc([C@@H]5CC(F)(F)CN5C(=O)[C@@H](NC(=O)OC)C(C)C)[nH]4)ccc32)[nH]1)C(C)C. The zero-order chi connectivity index (χ0) is 45.1. The summed E-state index contributed by atoms with van der Waals surface area (Å²) in [7, 11) is 2.41. The van der Waals surface area contributed by atoms with E-state index >= 15 is 4.39 Å². The Balaban J connectivity index is 1.05. The number of amides is 4. The van der Waals surface area contributed by atoms with Crippen molar-refractivity contribution in [1.29, 1.82) is 0 Å². The van der Waals surface area contributed by atoms with Gasteiger partial charge in [0.15, 0.2) is 0 Å². The third-order valence-corrected chi connectivity index (χ3v) is 15.3. The van der Waals surface area contributed by atoms with Crippen LogP contribution in [0.15, 0.2) is 48.8 Å². The van der Waals surface area contributed by atoms with E-state index in [0.29, 0.717) is 63.7 Å². The van der Waals surface area contributed by atoms with Gasteiger partial charge in [0.25, 0.3) is 0 Å². The van der Waals surface area contributed by atoms with Crippen molar-refractivity contribution in [1.82, 2.24) is 43.1 Å². The Morgan fingerprint density at radius 2 is 1.43 bits per heavy atom. The van der Waals surface area contributed by atoms with E-state index in [1.807, 2.05) is 39.8 Å². The number of aromatic amines is 2. The van der Waals surface area contributed by atoms with Crippen LogP contribution in [0.1, 0.15) is 70.7 Å². The molecule has 0 radical (unpaired) electrons. The molecule has 2 aromatic carbocycles. The van der Waals surface area contributed by atoms with E-state index in [9.17, 15) is 28.0 Å². The number of benzene rings is 2. The number of methoxy groups -OCH3 is 2. The van der Waals surface area contributed by atoms with E-state index in [0.717, 1.165) is 24.0 Å². The summed E-state index contributed by atoms with van der Waals surface area (Å²) in [5, 5.41) is 5.47. The van der Waals surface area contributed by atoms with Crippen LogP contribution in [0.25, 0.3) is 44.7 Å². The topological polar surface area (TPSA) is 189 Å². The van der Waals surface area contributed by atoms with Crippen LogP contribution in [0.3, 0.4) is 0 Å². The minimum absolute atomic E-state index is 0.138. The fraction of sp³-hybridized carbons (Fsp3) is 0.442. The average Bonchev–Trinajstić information content (AvgIpc) is 4.11. The van der Waals surface area contributed by atoms with Crippen molar-refractivity contribution in [3.05, 3.63) is 66.3 Å². The monoisotopic (exact) mass is 987 g/mol. The second kappa shape index (κ2) is 17.1. The number of alkyl halides is 3. The second-order valence-corrected chi connectivity index (χ2v) is 20.3. The van der Waals surface area contributed by atoms with Gasteiger partial charge < -0.3 is 14.8 Å². The van der Waals surface area contributed by atoms with Crippen molar-refractivity contribution in [3.8, 4) is 39.5 Å². The van der Waals surface area contributed by atoms with E-state index in [1.54, 1.807) is 43.1 Å². The Kier molecular flexibility index (Phi) is 11.9.